The highest BCUT2D eigenvalue weighted by molar-refractivity contribution is 5.76. The molecule has 0 saturated carbocycles. The Balaban J connectivity index is 1.63. The van der Waals surface area contributed by atoms with Crippen LogP contribution in [0.3, 0.4) is 0 Å². The summed E-state index contributed by atoms with van der Waals surface area (Å²) in [5.41, 5.74) is 2.41. The third kappa shape index (κ3) is 4.14. The van der Waals surface area contributed by atoms with E-state index in [9.17, 15) is 9.59 Å². The van der Waals surface area contributed by atoms with Gasteiger partial charge in [0, 0.05) is 32.3 Å². The summed E-state index contributed by atoms with van der Waals surface area (Å²) in [4.78, 5) is 32.9. The molecule has 1 amide bonds. The van der Waals surface area contributed by atoms with Crippen molar-refractivity contribution in [1.29, 1.82) is 0 Å². The number of hydrogen-bond donors (Lipinski definition) is 1. The number of rotatable bonds is 4. The molecule has 0 bridgehead atoms. The third-order valence-corrected chi connectivity index (χ3v) is 4.35. The SMILES string of the molecule is Cc1nc([C@H]2CN(C(=O)CCc3cn(C)nc3C)CCO2)cc(=O)[nH]1. The molecular weight excluding hydrogens is 322 g/mol. The van der Waals surface area contributed by atoms with Gasteiger partial charge in [0.15, 0.2) is 0 Å². The smallest absolute Gasteiger partial charge is 0.251 e. The monoisotopic (exact) mass is 345 g/mol. The Labute approximate surface area is 145 Å². The van der Waals surface area contributed by atoms with Crippen molar-refractivity contribution in [1.82, 2.24) is 24.6 Å². The van der Waals surface area contributed by atoms with Gasteiger partial charge in [-0.15, -0.1) is 0 Å². The first-order valence-corrected chi connectivity index (χ1v) is 8.38. The molecule has 1 aliphatic rings. The second-order valence-electron chi connectivity index (χ2n) is 6.37. The quantitative estimate of drug-likeness (QED) is 0.878. The summed E-state index contributed by atoms with van der Waals surface area (Å²) in [7, 11) is 1.88. The largest absolute Gasteiger partial charge is 0.368 e. The summed E-state index contributed by atoms with van der Waals surface area (Å²) in [5.74, 6) is 0.625. The van der Waals surface area contributed by atoms with Gasteiger partial charge < -0.3 is 14.6 Å². The summed E-state index contributed by atoms with van der Waals surface area (Å²) in [6.07, 6.45) is 2.69. The number of nitrogens with zero attached hydrogens (tertiary/aromatic N) is 4. The summed E-state index contributed by atoms with van der Waals surface area (Å²) in [5, 5.41) is 4.30. The van der Waals surface area contributed by atoms with Crippen molar-refractivity contribution >= 4 is 5.91 Å². The number of morpholine rings is 1. The van der Waals surface area contributed by atoms with E-state index in [2.05, 4.69) is 15.1 Å². The molecule has 25 heavy (non-hydrogen) atoms. The molecule has 1 fully saturated rings. The van der Waals surface area contributed by atoms with E-state index < -0.39 is 0 Å². The molecule has 134 valence electrons. The third-order valence-electron chi connectivity index (χ3n) is 4.35. The van der Waals surface area contributed by atoms with Gasteiger partial charge in [0.2, 0.25) is 5.91 Å². The van der Waals surface area contributed by atoms with Crippen LogP contribution >= 0.6 is 0 Å². The molecule has 0 radical (unpaired) electrons. The normalized spacial score (nSPS) is 17.7. The first-order chi connectivity index (χ1) is 11.9. The van der Waals surface area contributed by atoms with Crippen LogP contribution in [0.25, 0.3) is 0 Å². The van der Waals surface area contributed by atoms with Gasteiger partial charge in [0.25, 0.3) is 5.56 Å². The number of hydrogen-bond acceptors (Lipinski definition) is 5. The van der Waals surface area contributed by atoms with Gasteiger partial charge in [0.1, 0.15) is 11.9 Å². The van der Waals surface area contributed by atoms with E-state index in [1.165, 1.54) is 6.07 Å². The lowest BCUT2D eigenvalue weighted by molar-refractivity contribution is -0.139. The van der Waals surface area contributed by atoms with Crippen LogP contribution in [0.1, 0.15) is 35.3 Å². The molecule has 0 aliphatic carbocycles. The Morgan fingerprint density at radius 3 is 2.92 bits per heavy atom. The fraction of sp³-hybridized carbons (Fsp3) is 0.529. The van der Waals surface area contributed by atoms with Crippen molar-refractivity contribution < 1.29 is 9.53 Å². The van der Waals surface area contributed by atoms with Crippen LogP contribution in [0.5, 0.6) is 0 Å². The number of amides is 1. The van der Waals surface area contributed by atoms with E-state index >= 15 is 0 Å². The fourth-order valence-electron chi connectivity index (χ4n) is 3.12. The van der Waals surface area contributed by atoms with Gasteiger partial charge in [-0.3, -0.25) is 14.3 Å². The molecule has 3 rings (SSSR count). The summed E-state index contributed by atoms with van der Waals surface area (Å²) in [6, 6.07) is 1.44. The van der Waals surface area contributed by atoms with E-state index in [0.717, 1.165) is 11.3 Å². The van der Waals surface area contributed by atoms with E-state index in [-0.39, 0.29) is 17.6 Å². The van der Waals surface area contributed by atoms with Crippen LogP contribution in [0.2, 0.25) is 0 Å². The number of nitrogens with one attached hydrogen (secondary N) is 1. The average molecular weight is 345 g/mol. The van der Waals surface area contributed by atoms with E-state index in [4.69, 9.17) is 4.74 Å². The van der Waals surface area contributed by atoms with E-state index in [1.807, 2.05) is 20.2 Å². The number of aromatic nitrogens is 4. The lowest BCUT2D eigenvalue weighted by Crippen LogP contribution is -2.42. The molecule has 1 saturated heterocycles. The van der Waals surface area contributed by atoms with Crippen molar-refractivity contribution in [3.05, 3.63) is 45.4 Å². The minimum Gasteiger partial charge on any atom is -0.368 e. The number of carbonyl (C=O) groups is 1. The first-order valence-electron chi connectivity index (χ1n) is 8.38. The van der Waals surface area contributed by atoms with Gasteiger partial charge in [-0.25, -0.2) is 4.98 Å². The van der Waals surface area contributed by atoms with Gasteiger partial charge in [0.05, 0.1) is 24.5 Å². The maximum absolute atomic E-state index is 12.6. The highest BCUT2D eigenvalue weighted by Crippen LogP contribution is 2.20. The minimum atomic E-state index is -0.362. The predicted octanol–water partition coefficient (Wildman–Crippen LogP) is 0.653. The molecular formula is C17H23N5O3. The molecule has 8 heteroatoms. The second-order valence-corrected chi connectivity index (χ2v) is 6.37. The number of ether oxygens (including phenoxy) is 1. The Kier molecular flexibility index (Phi) is 4.98. The molecule has 0 unspecified atom stereocenters. The number of H-pyrrole nitrogens is 1. The zero-order valence-corrected chi connectivity index (χ0v) is 14.8. The second kappa shape index (κ2) is 7.18. The Bertz CT molecular complexity index is 826. The Morgan fingerprint density at radius 2 is 2.24 bits per heavy atom. The summed E-state index contributed by atoms with van der Waals surface area (Å²) < 4.78 is 7.48. The summed E-state index contributed by atoms with van der Waals surface area (Å²) in [6.45, 7) is 5.10. The molecule has 0 spiro atoms. The number of aromatic amines is 1. The molecule has 1 aliphatic heterocycles. The highest BCUT2D eigenvalue weighted by Gasteiger charge is 2.26. The highest BCUT2D eigenvalue weighted by atomic mass is 16.5. The maximum Gasteiger partial charge on any atom is 0.251 e. The zero-order chi connectivity index (χ0) is 18.0. The molecule has 1 N–H and O–H groups in total. The molecule has 2 aromatic rings. The summed E-state index contributed by atoms with van der Waals surface area (Å²) >= 11 is 0. The van der Waals surface area contributed by atoms with Crippen LogP contribution < -0.4 is 5.56 Å². The van der Waals surface area contributed by atoms with Crippen molar-refractivity contribution in [3.63, 3.8) is 0 Å². The molecule has 1 atom stereocenters. The zero-order valence-electron chi connectivity index (χ0n) is 14.8. The van der Waals surface area contributed by atoms with Crippen LogP contribution in [-0.2, 0) is 23.0 Å². The molecule has 2 aromatic heterocycles. The van der Waals surface area contributed by atoms with E-state index in [1.54, 1.807) is 16.5 Å². The predicted molar refractivity (Wildman–Crippen MR) is 91.1 cm³/mol. The van der Waals surface area contributed by atoms with Crippen molar-refractivity contribution in [2.24, 2.45) is 7.05 Å². The van der Waals surface area contributed by atoms with Crippen LogP contribution in [0.15, 0.2) is 17.1 Å². The molecule has 0 aromatic carbocycles. The van der Waals surface area contributed by atoms with Gasteiger partial charge in [-0.2, -0.15) is 5.10 Å². The molecule has 3 heterocycles. The van der Waals surface area contributed by atoms with Crippen LogP contribution in [-0.4, -0.2) is 50.3 Å². The average Bonchev–Trinajstić information content (AvgIpc) is 2.89. The van der Waals surface area contributed by atoms with Crippen LogP contribution in [0.4, 0.5) is 0 Å². The lowest BCUT2D eigenvalue weighted by Gasteiger charge is -2.32. The Hall–Kier alpha value is -2.48. The fourth-order valence-corrected chi connectivity index (χ4v) is 3.12. The van der Waals surface area contributed by atoms with Crippen molar-refractivity contribution in [3.8, 4) is 0 Å². The minimum absolute atomic E-state index is 0.0816. The van der Waals surface area contributed by atoms with E-state index in [0.29, 0.717) is 44.1 Å². The van der Waals surface area contributed by atoms with Crippen molar-refractivity contribution in [2.45, 2.75) is 32.8 Å². The Morgan fingerprint density at radius 1 is 1.44 bits per heavy atom. The van der Waals surface area contributed by atoms with Gasteiger partial charge in [-0.05, 0) is 25.8 Å². The topological polar surface area (TPSA) is 93.1 Å². The van der Waals surface area contributed by atoms with Gasteiger partial charge in [-0.1, -0.05) is 0 Å². The number of aryl methyl sites for hydroxylation is 4. The molecule has 8 nitrogen and oxygen atoms in total. The van der Waals surface area contributed by atoms with Crippen molar-refractivity contribution in [2.75, 3.05) is 19.7 Å². The number of carbonyl (C=O) groups excluding carboxylic acids is 1. The lowest BCUT2D eigenvalue weighted by atomic mass is 10.1. The van der Waals surface area contributed by atoms with Gasteiger partial charge >= 0.3 is 0 Å². The first kappa shape index (κ1) is 17.3. The maximum atomic E-state index is 12.6. The van der Waals surface area contributed by atoms with Crippen LogP contribution in [0, 0.1) is 13.8 Å². The standard InChI is InChI=1S/C17H23N5O3/c1-11-13(9-21(3)20-11)4-5-17(24)22-6-7-25-15(10-22)14-8-16(23)19-12(2)18-14/h8-9,15H,4-7,10H2,1-3H3,(H,18,19,23)/t15-/m1/s1.